The highest BCUT2D eigenvalue weighted by Gasteiger charge is 2.11. The van der Waals surface area contributed by atoms with Crippen molar-refractivity contribution in [2.75, 3.05) is 6.54 Å². The minimum absolute atomic E-state index is 0.0734. The molecule has 0 radical (unpaired) electrons. The Bertz CT molecular complexity index is 626. The minimum atomic E-state index is 0.0734. The maximum atomic E-state index is 12.2. The molecule has 1 aromatic heterocycles. The van der Waals surface area contributed by atoms with Crippen molar-refractivity contribution in [3.05, 3.63) is 45.2 Å². The van der Waals surface area contributed by atoms with E-state index < -0.39 is 0 Å². The fraction of sp³-hybridized carbons (Fsp3) is 0.357. The number of aromatic nitrogens is 1. The molecule has 2 aromatic rings. The average molecular weight is 230 g/mol. The van der Waals surface area contributed by atoms with Crippen LogP contribution in [0.1, 0.15) is 16.7 Å². The van der Waals surface area contributed by atoms with Gasteiger partial charge in [-0.2, -0.15) is 0 Å². The van der Waals surface area contributed by atoms with Crippen LogP contribution in [0, 0.1) is 13.8 Å². The first-order chi connectivity index (χ1) is 8.06. The zero-order chi connectivity index (χ0) is 12.6. The van der Waals surface area contributed by atoms with E-state index in [9.17, 15) is 4.79 Å². The Hall–Kier alpha value is -1.61. The molecule has 3 heteroatoms. The number of benzene rings is 1. The number of fused-ring (bicyclic) bond motifs is 1. The minimum Gasteiger partial charge on any atom is -0.330 e. The predicted molar refractivity (Wildman–Crippen MR) is 71.4 cm³/mol. The second-order valence-corrected chi connectivity index (χ2v) is 4.53. The molecule has 0 bridgehead atoms. The summed E-state index contributed by atoms with van der Waals surface area (Å²) in [4.78, 5) is 12.2. The lowest BCUT2D eigenvalue weighted by atomic mass is 10.0. The highest BCUT2D eigenvalue weighted by atomic mass is 16.1. The van der Waals surface area contributed by atoms with Crippen LogP contribution < -0.4 is 11.3 Å². The molecule has 0 aliphatic heterocycles. The maximum absolute atomic E-state index is 12.2. The lowest BCUT2D eigenvalue weighted by Gasteiger charge is -2.13. The smallest absolute Gasteiger partial charge is 0.254 e. The molecule has 3 nitrogen and oxygen atoms in total. The molecule has 1 aromatic carbocycles. The zero-order valence-corrected chi connectivity index (χ0v) is 10.6. The van der Waals surface area contributed by atoms with Crippen LogP contribution in [-0.2, 0) is 13.5 Å². The summed E-state index contributed by atoms with van der Waals surface area (Å²) in [7, 11) is 1.82. The summed E-state index contributed by atoms with van der Waals surface area (Å²) >= 11 is 0. The van der Waals surface area contributed by atoms with E-state index in [-0.39, 0.29) is 5.56 Å². The van der Waals surface area contributed by atoms with Gasteiger partial charge in [0.05, 0.1) is 5.52 Å². The molecule has 1 heterocycles. The van der Waals surface area contributed by atoms with Gasteiger partial charge in [0.25, 0.3) is 5.56 Å². The molecule has 0 unspecified atom stereocenters. The molecule has 0 fully saturated rings. The van der Waals surface area contributed by atoms with E-state index in [1.165, 1.54) is 5.56 Å². The lowest BCUT2D eigenvalue weighted by molar-refractivity contribution is 0.849. The van der Waals surface area contributed by atoms with Gasteiger partial charge in [0.15, 0.2) is 0 Å². The van der Waals surface area contributed by atoms with E-state index in [1.807, 2.05) is 26.1 Å². The third kappa shape index (κ3) is 1.87. The van der Waals surface area contributed by atoms with E-state index in [0.717, 1.165) is 22.0 Å². The Balaban J connectivity index is 2.90. The van der Waals surface area contributed by atoms with Gasteiger partial charge < -0.3 is 10.3 Å². The van der Waals surface area contributed by atoms with Gasteiger partial charge in [-0.3, -0.25) is 4.79 Å². The number of pyridine rings is 1. The standard InChI is InChI=1S/C14H18N2O/c1-9-4-5-13-12(8-9)10(2)11(6-7-15)14(17)16(13)3/h4-5,8H,6-7,15H2,1-3H3. The Morgan fingerprint density at radius 3 is 2.65 bits per heavy atom. The number of hydrogen-bond acceptors (Lipinski definition) is 2. The summed E-state index contributed by atoms with van der Waals surface area (Å²) in [5.41, 5.74) is 9.75. The van der Waals surface area contributed by atoms with Crippen molar-refractivity contribution in [2.45, 2.75) is 20.3 Å². The largest absolute Gasteiger partial charge is 0.330 e. The molecule has 0 saturated heterocycles. The van der Waals surface area contributed by atoms with Gasteiger partial charge in [0.1, 0.15) is 0 Å². The van der Waals surface area contributed by atoms with Gasteiger partial charge in [-0.1, -0.05) is 11.6 Å². The first-order valence-electron chi connectivity index (χ1n) is 5.85. The predicted octanol–water partition coefficient (Wildman–Crippen LogP) is 1.66. The van der Waals surface area contributed by atoms with Gasteiger partial charge in [0.2, 0.25) is 0 Å². The van der Waals surface area contributed by atoms with Crippen molar-refractivity contribution < 1.29 is 0 Å². The molecular formula is C14H18N2O. The highest BCUT2D eigenvalue weighted by Crippen LogP contribution is 2.20. The fourth-order valence-electron chi connectivity index (χ4n) is 2.32. The summed E-state index contributed by atoms with van der Waals surface area (Å²) in [5.74, 6) is 0. The quantitative estimate of drug-likeness (QED) is 0.853. The van der Waals surface area contributed by atoms with Crippen molar-refractivity contribution in [3.8, 4) is 0 Å². The third-order valence-corrected chi connectivity index (χ3v) is 3.33. The maximum Gasteiger partial charge on any atom is 0.254 e. The van der Waals surface area contributed by atoms with Crippen LogP contribution in [0.25, 0.3) is 10.9 Å². The van der Waals surface area contributed by atoms with Crippen LogP contribution >= 0.6 is 0 Å². The molecule has 0 spiro atoms. The number of aryl methyl sites for hydroxylation is 3. The van der Waals surface area contributed by atoms with E-state index >= 15 is 0 Å². The summed E-state index contributed by atoms with van der Waals surface area (Å²) in [6.07, 6.45) is 0.641. The van der Waals surface area contributed by atoms with Crippen LogP contribution in [0.3, 0.4) is 0 Å². The second-order valence-electron chi connectivity index (χ2n) is 4.53. The molecule has 2 rings (SSSR count). The summed E-state index contributed by atoms with van der Waals surface area (Å²) in [5, 5.41) is 1.15. The van der Waals surface area contributed by atoms with Crippen molar-refractivity contribution in [3.63, 3.8) is 0 Å². The van der Waals surface area contributed by atoms with Gasteiger partial charge in [-0.15, -0.1) is 0 Å². The van der Waals surface area contributed by atoms with Crippen molar-refractivity contribution in [2.24, 2.45) is 12.8 Å². The Morgan fingerprint density at radius 2 is 2.00 bits per heavy atom. The molecule has 0 aliphatic rings. The normalized spacial score (nSPS) is 11.1. The average Bonchev–Trinajstić information content (AvgIpc) is 2.32. The Morgan fingerprint density at radius 1 is 1.29 bits per heavy atom. The zero-order valence-electron chi connectivity index (χ0n) is 10.6. The highest BCUT2D eigenvalue weighted by molar-refractivity contribution is 5.84. The van der Waals surface area contributed by atoms with Crippen molar-refractivity contribution in [1.82, 2.24) is 4.57 Å². The molecular weight excluding hydrogens is 212 g/mol. The Labute approximate surface area is 101 Å². The first-order valence-corrected chi connectivity index (χ1v) is 5.85. The SMILES string of the molecule is Cc1ccc2c(c1)c(C)c(CCN)c(=O)n2C. The number of nitrogens with zero attached hydrogens (tertiary/aromatic N) is 1. The van der Waals surface area contributed by atoms with E-state index in [1.54, 1.807) is 4.57 Å². The van der Waals surface area contributed by atoms with E-state index in [0.29, 0.717) is 13.0 Å². The van der Waals surface area contributed by atoms with Gasteiger partial charge in [-0.05, 0) is 44.5 Å². The molecule has 2 N–H and O–H groups in total. The lowest BCUT2D eigenvalue weighted by Crippen LogP contribution is -2.25. The molecule has 17 heavy (non-hydrogen) atoms. The molecule has 0 amide bonds. The van der Waals surface area contributed by atoms with Crippen molar-refractivity contribution >= 4 is 10.9 Å². The monoisotopic (exact) mass is 230 g/mol. The summed E-state index contributed by atoms with van der Waals surface area (Å²) in [6.45, 7) is 4.58. The fourth-order valence-corrected chi connectivity index (χ4v) is 2.32. The Kier molecular flexibility index (Phi) is 3.03. The van der Waals surface area contributed by atoms with Crippen LogP contribution in [0.5, 0.6) is 0 Å². The van der Waals surface area contributed by atoms with Gasteiger partial charge in [0, 0.05) is 18.0 Å². The van der Waals surface area contributed by atoms with Gasteiger partial charge >= 0.3 is 0 Å². The number of nitrogens with two attached hydrogens (primary N) is 1. The molecule has 90 valence electrons. The molecule has 0 aliphatic carbocycles. The van der Waals surface area contributed by atoms with E-state index in [4.69, 9.17) is 5.73 Å². The van der Waals surface area contributed by atoms with Crippen LogP contribution in [-0.4, -0.2) is 11.1 Å². The summed E-state index contributed by atoms with van der Waals surface area (Å²) < 4.78 is 1.72. The van der Waals surface area contributed by atoms with E-state index in [2.05, 4.69) is 13.0 Å². The number of hydrogen-bond donors (Lipinski definition) is 1. The van der Waals surface area contributed by atoms with Crippen LogP contribution in [0.15, 0.2) is 23.0 Å². The van der Waals surface area contributed by atoms with Crippen molar-refractivity contribution in [1.29, 1.82) is 0 Å². The number of rotatable bonds is 2. The topological polar surface area (TPSA) is 48.0 Å². The third-order valence-electron chi connectivity index (χ3n) is 3.33. The summed E-state index contributed by atoms with van der Waals surface area (Å²) in [6, 6.07) is 6.17. The molecule has 0 saturated carbocycles. The van der Waals surface area contributed by atoms with Gasteiger partial charge in [-0.25, -0.2) is 0 Å². The second kappa shape index (κ2) is 4.34. The van der Waals surface area contributed by atoms with Crippen LogP contribution in [0.2, 0.25) is 0 Å². The first kappa shape index (κ1) is 11.9. The molecule has 0 atom stereocenters. The van der Waals surface area contributed by atoms with Crippen LogP contribution in [0.4, 0.5) is 0 Å².